The van der Waals surface area contributed by atoms with Crippen LogP contribution in [0.4, 0.5) is 5.82 Å². The van der Waals surface area contributed by atoms with Crippen molar-refractivity contribution < 1.29 is 4.79 Å². The number of nitrogens with zero attached hydrogens (tertiary/aromatic N) is 6. The first-order valence-corrected chi connectivity index (χ1v) is 11.7. The average molecular weight is 466 g/mol. The number of hydrogen-bond donors (Lipinski definition) is 1. The molecule has 0 aliphatic carbocycles. The maximum Gasteiger partial charge on any atom is 0.272 e. The fraction of sp³-hybridized carbons (Fsp3) is 0.259. The zero-order chi connectivity index (χ0) is 24.4. The summed E-state index contributed by atoms with van der Waals surface area (Å²) in [5, 5.41) is 11.7. The van der Waals surface area contributed by atoms with Gasteiger partial charge in [0, 0.05) is 67.8 Å². The summed E-state index contributed by atoms with van der Waals surface area (Å²) in [5.41, 5.74) is 8.61. The number of anilines is 1. The van der Waals surface area contributed by atoms with Crippen molar-refractivity contribution in [3.63, 3.8) is 0 Å². The highest BCUT2D eigenvalue weighted by molar-refractivity contribution is 5.94. The molecule has 0 atom stereocenters. The molecule has 4 aromatic heterocycles. The zero-order valence-corrected chi connectivity index (χ0v) is 20.1. The lowest BCUT2D eigenvalue weighted by Gasteiger charge is -2.30. The molecule has 8 nitrogen and oxygen atoms in total. The molecular formula is C27H27N7O. The van der Waals surface area contributed by atoms with Gasteiger partial charge >= 0.3 is 0 Å². The van der Waals surface area contributed by atoms with Gasteiger partial charge in [0.1, 0.15) is 0 Å². The van der Waals surface area contributed by atoms with Gasteiger partial charge in [0.05, 0.1) is 0 Å². The Morgan fingerprint density at radius 3 is 2.60 bits per heavy atom. The van der Waals surface area contributed by atoms with E-state index >= 15 is 0 Å². The van der Waals surface area contributed by atoms with E-state index in [2.05, 4.69) is 42.5 Å². The molecule has 0 radical (unpaired) electrons. The van der Waals surface area contributed by atoms with E-state index in [9.17, 15) is 4.79 Å². The Morgan fingerprint density at radius 1 is 0.971 bits per heavy atom. The number of pyridine rings is 3. The number of nitrogens with one attached hydrogen (secondary N) is 1. The number of carbonyl (C=O) groups excluding carboxylic acids is 1. The molecule has 0 aromatic carbocycles. The fourth-order valence-electron chi connectivity index (χ4n) is 4.37. The van der Waals surface area contributed by atoms with E-state index in [1.807, 2.05) is 51.4 Å². The number of aryl methyl sites for hydroxylation is 1. The van der Waals surface area contributed by atoms with E-state index in [4.69, 9.17) is 4.98 Å². The van der Waals surface area contributed by atoms with Gasteiger partial charge in [0.15, 0.2) is 11.5 Å². The summed E-state index contributed by atoms with van der Waals surface area (Å²) in [6.45, 7) is 7.84. The van der Waals surface area contributed by atoms with Crippen LogP contribution in [0.2, 0.25) is 0 Å². The number of hydrogen-bond acceptors (Lipinski definition) is 7. The van der Waals surface area contributed by atoms with Crippen LogP contribution in [0, 0.1) is 20.8 Å². The summed E-state index contributed by atoms with van der Waals surface area (Å²) in [7, 11) is 0. The Kier molecular flexibility index (Phi) is 6.18. The summed E-state index contributed by atoms with van der Waals surface area (Å²) in [4.78, 5) is 28.0. The highest BCUT2D eigenvalue weighted by Crippen LogP contribution is 2.29. The molecule has 1 aliphatic rings. The third-order valence-corrected chi connectivity index (χ3v) is 6.48. The predicted molar refractivity (Wildman–Crippen MR) is 134 cm³/mol. The normalized spacial score (nSPS) is 12.8. The lowest BCUT2D eigenvalue weighted by Crippen LogP contribution is -2.33. The van der Waals surface area contributed by atoms with Crippen LogP contribution in [-0.4, -0.2) is 37.6 Å². The first-order chi connectivity index (χ1) is 17.0. The van der Waals surface area contributed by atoms with Crippen molar-refractivity contribution in [2.45, 2.75) is 40.3 Å². The van der Waals surface area contributed by atoms with Gasteiger partial charge in [-0.3, -0.25) is 19.7 Å². The topological polar surface area (TPSA) is 96.8 Å². The average Bonchev–Trinajstić information content (AvgIpc) is 2.89. The molecule has 1 N–H and O–H groups in total. The summed E-state index contributed by atoms with van der Waals surface area (Å²) in [5.74, 6) is 0.580. The Labute approximate surface area is 204 Å². The summed E-state index contributed by atoms with van der Waals surface area (Å²) in [6, 6.07) is 10.0. The maximum absolute atomic E-state index is 12.8. The van der Waals surface area contributed by atoms with Gasteiger partial charge in [-0.05, 0) is 78.9 Å². The van der Waals surface area contributed by atoms with E-state index < -0.39 is 0 Å². The molecule has 0 bridgehead atoms. The molecule has 1 amide bonds. The Hall–Kier alpha value is -4.20. The minimum absolute atomic E-state index is 0.230. The van der Waals surface area contributed by atoms with Crippen molar-refractivity contribution in [3.05, 3.63) is 94.5 Å². The first kappa shape index (κ1) is 22.6. The van der Waals surface area contributed by atoms with Crippen molar-refractivity contribution >= 4 is 11.7 Å². The zero-order valence-electron chi connectivity index (χ0n) is 20.1. The van der Waals surface area contributed by atoms with Crippen molar-refractivity contribution in [3.8, 4) is 11.1 Å². The molecule has 0 unspecified atom stereocenters. The quantitative estimate of drug-likeness (QED) is 0.479. The van der Waals surface area contributed by atoms with Crippen LogP contribution < -0.4 is 10.2 Å². The third-order valence-electron chi connectivity index (χ3n) is 6.48. The van der Waals surface area contributed by atoms with E-state index in [1.54, 1.807) is 12.4 Å². The second-order valence-corrected chi connectivity index (χ2v) is 8.85. The smallest absolute Gasteiger partial charge is 0.272 e. The minimum Gasteiger partial charge on any atom is -0.350 e. The van der Waals surface area contributed by atoms with Crippen molar-refractivity contribution in [2.75, 3.05) is 11.4 Å². The molecule has 5 heterocycles. The van der Waals surface area contributed by atoms with E-state index in [1.165, 1.54) is 5.56 Å². The van der Waals surface area contributed by atoms with Crippen molar-refractivity contribution in [2.24, 2.45) is 0 Å². The van der Waals surface area contributed by atoms with Gasteiger partial charge in [0.2, 0.25) is 0 Å². The molecule has 8 heteroatoms. The van der Waals surface area contributed by atoms with Gasteiger partial charge in [-0.2, -0.15) is 0 Å². The second kappa shape index (κ2) is 9.58. The predicted octanol–water partition coefficient (Wildman–Crippen LogP) is 3.75. The molecule has 35 heavy (non-hydrogen) atoms. The summed E-state index contributed by atoms with van der Waals surface area (Å²) in [6.07, 6.45) is 8.02. The monoisotopic (exact) mass is 465 g/mol. The molecule has 0 fully saturated rings. The van der Waals surface area contributed by atoms with Gasteiger partial charge in [0.25, 0.3) is 5.91 Å². The van der Waals surface area contributed by atoms with Crippen LogP contribution in [0.3, 0.4) is 0 Å². The highest BCUT2D eigenvalue weighted by Gasteiger charge is 2.24. The SMILES string of the molecule is Cc1cc(-c2cnc3c(c2)CN(c2nnc(C(=O)NCc4ccncc4)c(C)c2C)CC3)ccn1. The molecule has 0 saturated carbocycles. The van der Waals surface area contributed by atoms with Gasteiger partial charge in [-0.15, -0.1) is 10.2 Å². The Balaban J connectivity index is 1.35. The molecule has 0 saturated heterocycles. The van der Waals surface area contributed by atoms with Crippen molar-refractivity contribution in [1.29, 1.82) is 0 Å². The van der Waals surface area contributed by atoms with Crippen molar-refractivity contribution in [1.82, 2.24) is 30.5 Å². The molecule has 0 spiro atoms. The van der Waals surface area contributed by atoms with Crippen LogP contribution in [0.5, 0.6) is 0 Å². The standard InChI is InChI=1S/C27H27N7O/c1-17-12-21(6-10-29-17)22-13-23-16-34(11-7-24(23)30-15-22)26-19(3)18(2)25(32-33-26)27(35)31-14-20-4-8-28-9-5-20/h4-6,8-10,12-13,15H,7,11,14,16H2,1-3H3,(H,31,35). The Bertz CT molecular complexity index is 1390. The van der Waals surface area contributed by atoms with Gasteiger partial charge in [-0.25, -0.2) is 0 Å². The van der Waals surface area contributed by atoms with Crippen LogP contribution in [-0.2, 0) is 19.5 Å². The lowest BCUT2D eigenvalue weighted by molar-refractivity contribution is 0.0944. The van der Waals surface area contributed by atoms with Crippen LogP contribution in [0.1, 0.15) is 44.1 Å². The number of amides is 1. The van der Waals surface area contributed by atoms with E-state index in [0.717, 1.165) is 58.0 Å². The summed E-state index contributed by atoms with van der Waals surface area (Å²) < 4.78 is 0. The molecule has 5 rings (SSSR count). The molecule has 176 valence electrons. The number of fused-ring (bicyclic) bond motifs is 1. The molecular weight excluding hydrogens is 438 g/mol. The van der Waals surface area contributed by atoms with Gasteiger partial charge in [-0.1, -0.05) is 0 Å². The van der Waals surface area contributed by atoms with Crippen LogP contribution in [0.25, 0.3) is 11.1 Å². The third kappa shape index (κ3) is 4.73. The van der Waals surface area contributed by atoms with Crippen LogP contribution in [0.15, 0.2) is 55.1 Å². The van der Waals surface area contributed by atoms with Gasteiger partial charge < -0.3 is 10.2 Å². The number of aromatic nitrogens is 5. The fourth-order valence-corrected chi connectivity index (χ4v) is 4.37. The number of rotatable bonds is 5. The highest BCUT2D eigenvalue weighted by atomic mass is 16.1. The first-order valence-electron chi connectivity index (χ1n) is 11.7. The van der Waals surface area contributed by atoms with E-state index in [-0.39, 0.29) is 5.91 Å². The largest absolute Gasteiger partial charge is 0.350 e. The molecule has 1 aliphatic heterocycles. The minimum atomic E-state index is -0.230. The summed E-state index contributed by atoms with van der Waals surface area (Å²) >= 11 is 0. The Morgan fingerprint density at radius 2 is 1.80 bits per heavy atom. The maximum atomic E-state index is 12.8. The lowest BCUT2D eigenvalue weighted by atomic mass is 9.99. The van der Waals surface area contributed by atoms with Crippen LogP contribution >= 0.6 is 0 Å². The number of carbonyl (C=O) groups is 1. The second-order valence-electron chi connectivity index (χ2n) is 8.85. The molecule has 4 aromatic rings. The van der Waals surface area contributed by atoms with E-state index in [0.29, 0.717) is 18.8 Å².